The van der Waals surface area contributed by atoms with Crippen molar-refractivity contribution in [3.63, 3.8) is 0 Å². The molecule has 4 N–H and O–H groups in total. The molecular weight excluding hydrogens is 506 g/mol. The molecule has 0 spiro atoms. The minimum atomic E-state index is -4.21. The molecule has 1 atom stereocenters. The number of anilines is 1. The minimum Gasteiger partial charge on any atom is -0.364 e. The smallest absolute Gasteiger partial charge is 0.244 e. The Hall–Kier alpha value is -2.74. The maximum absolute atomic E-state index is 13.1. The molecule has 0 fully saturated rings. The Morgan fingerprint density at radius 3 is 2.55 bits per heavy atom. The molecule has 2 aromatic heterocycles. The van der Waals surface area contributed by atoms with Gasteiger partial charge in [0.05, 0.1) is 21.3 Å². The highest BCUT2D eigenvalue weighted by Gasteiger charge is 2.34. The topological polar surface area (TPSA) is 136 Å². The van der Waals surface area contributed by atoms with E-state index in [1.165, 1.54) is 17.4 Å². The molecular formula is C20H16ClN5O4S3. The lowest BCUT2D eigenvalue weighted by molar-refractivity contribution is 0.562. The Bertz CT molecular complexity index is 1570. The van der Waals surface area contributed by atoms with E-state index in [2.05, 4.69) is 10.0 Å². The first-order chi connectivity index (χ1) is 15.6. The van der Waals surface area contributed by atoms with Gasteiger partial charge in [0.2, 0.25) is 20.0 Å². The third kappa shape index (κ3) is 4.05. The Balaban J connectivity index is 1.64. The molecule has 2 aromatic carbocycles. The van der Waals surface area contributed by atoms with Crippen LogP contribution in [0.25, 0.3) is 16.3 Å². The van der Waals surface area contributed by atoms with Crippen LogP contribution in [0.3, 0.4) is 0 Å². The normalized spacial score (nSPS) is 17.3. The standard InChI is InChI=1S/C20H16ClN5O4S3/c21-14-9-15-18(10-17(14)32(22,27)28)33(29,30)25-20(23-15)13-11-26(12-5-2-1-3-6-12)24-19(13)16-7-4-8-31-16/h1-11,20,23,25H,(H2,22,27,28)/t20-/m1/s1. The van der Waals surface area contributed by atoms with Crippen molar-refractivity contribution in [2.45, 2.75) is 16.0 Å². The average molecular weight is 522 g/mol. The van der Waals surface area contributed by atoms with Gasteiger partial charge in [0.15, 0.2) is 0 Å². The Kier molecular flexibility index (Phi) is 5.31. The maximum Gasteiger partial charge on any atom is 0.244 e. The van der Waals surface area contributed by atoms with Crippen LogP contribution >= 0.6 is 22.9 Å². The number of primary sulfonamides is 1. The molecule has 0 amide bonds. The molecule has 1 aliphatic rings. The van der Waals surface area contributed by atoms with Crippen molar-refractivity contribution < 1.29 is 16.8 Å². The highest BCUT2D eigenvalue weighted by Crippen LogP contribution is 2.39. The van der Waals surface area contributed by atoms with Crippen LogP contribution in [0.2, 0.25) is 5.02 Å². The molecule has 0 unspecified atom stereocenters. The van der Waals surface area contributed by atoms with Gasteiger partial charge < -0.3 is 5.32 Å². The van der Waals surface area contributed by atoms with E-state index in [0.717, 1.165) is 16.6 Å². The molecule has 0 bridgehead atoms. The van der Waals surface area contributed by atoms with Gasteiger partial charge in [-0.15, -0.1) is 11.3 Å². The third-order valence-corrected chi connectivity index (χ3v) is 8.75. The summed E-state index contributed by atoms with van der Waals surface area (Å²) < 4.78 is 54.0. The quantitative estimate of drug-likeness (QED) is 0.377. The average Bonchev–Trinajstić information content (AvgIpc) is 3.42. The number of thiophene rings is 1. The van der Waals surface area contributed by atoms with Crippen molar-refractivity contribution in [2.24, 2.45) is 5.14 Å². The molecule has 4 aromatic rings. The Morgan fingerprint density at radius 1 is 1.12 bits per heavy atom. The first-order valence-corrected chi connectivity index (χ1v) is 13.8. The molecule has 170 valence electrons. The van der Waals surface area contributed by atoms with Crippen LogP contribution in [0.5, 0.6) is 0 Å². The molecule has 13 heteroatoms. The number of para-hydroxylation sites is 1. The van der Waals surface area contributed by atoms with E-state index in [1.807, 2.05) is 47.8 Å². The van der Waals surface area contributed by atoms with Gasteiger partial charge in [0.1, 0.15) is 21.7 Å². The first-order valence-electron chi connectivity index (χ1n) is 9.47. The predicted molar refractivity (Wildman–Crippen MR) is 126 cm³/mol. The van der Waals surface area contributed by atoms with Crippen LogP contribution in [-0.2, 0) is 20.0 Å². The van der Waals surface area contributed by atoms with Crippen LogP contribution in [0.15, 0.2) is 76.0 Å². The van der Waals surface area contributed by atoms with Gasteiger partial charge in [-0.05, 0) is 35.7 Å². The number of sulfonamides is 2. The summed E-state index contributed by atoms with van der Waals surface area (Å²) in [5.74, 6) is 0. The number of nitrogens with one attached hydrogen (secondary N) is 2. The largest absolute Gasteiger partial charge is 0.364 e. The molecule has 0 radical (unpaired) electrons. The van der Waals surface area contributed by atoms with Crippen LogP contribution < -0.4 is 15.2 Å². The molecule has 3 heterocycles. The maximum atomic E-state index is 13.1. The molecule has 0 aliphatic carbocycles. The molecule has 9 nitrogen and oxygen atoms in total. The number of benzene rings is 2. The van der Waals surface area contributed by atoms with Crippen molar-refractivity contribution in [3.05, 3.63) is 76.8 Å². The lowest BCUT2D eigenvalue weighted by Crippen LogP contribution is -2.38. The lowest BCUT2D eigenvalue weighted by atomic mass is 10.1. The summed E-state index contributed by atoms with van der Waals surface area (Å²) >= 11 is 7.57. The fourth-order valence-corrected chi connectivity index (χ4v) is 6.76. The fourth-order valence-electron chi connectivity index (χ4n) is 3.55. The van der Waals surface area contributed by atoms with Gasteiger partial charge in [0.25, 0.3) is 0 Å². The summed E-state index contributed by atoms with van der Waals surface area (Å²) in [7, 11) is -8.32. The second-order valence-electron chi connectivity index (χ2n) is 7.21. The minimum absolute atomic E-state index is 0.153. The summed E-state index contributed by atoms with van der Waals surface area (Å²) in [6.07, 6.45) is 0.865. The van der Waals surface area contributed by atoms with E-state index >= 15 is 0 Å². The van der Waals surface area contributed by atoms with Crippen LogP contribution in [0, 0.1) is 0 Å². The number of halogens is 1. The van der Waals surface area contributed by atoms with E-state index in [4.69, 9.17) is 21.8 Å². The van der Waals surface area contributed by atoms with Crippen LogP contribution in [-0.4, -0.2) is 26.6 Å². The van der Waals surface area contributed by atoms with Crippen LogP contribution in [0.4, 0.5) is 5.69 Å². The van der Waals surface area contributed by atoms with Gasteiger partial charge in [-0.2, -0.15) is 9.82 Å². The first kappa shape index (κ1) is 22.1. The van der Waals surface area contributed by atoms with Crippen molar-refractivity contribution in [1.82, 2.24) is 14.5 Å². The van der Waals surface area contributed by atoms with E-state index in [1.54, 1.807) is 10.9 Å². The molecule has 0 saturated heterocycles. The highest BCUT2D eigenvalue weighted by atomic mass is 35.5. The van der Waals surface area contributed by atoms with Gasteiger partial charge in [-0.3, -0.25) is 0 Å². The summed E-state index contributed by atoms with van der Waals surface area (Å²) in [6.45, 7) is 0. The fraction of sp³-hybridized carbons (Fsp3) is 0.0500. The molecule has 33 heavy (non-hydrogen) atoms. The Morgan fingerprint density at radius 2 is 1.88 bits per heavy atom. The van der Waals surface area contributed by atoms with Gasteiger partial charge in [-0.25, -0.2) is 26.7 Å². The predicted octanol–water partition coefficient (Wildman–Crippen LogP) is 3.30. The number of rotatable bonds is 4. The number of nitrogens with zero attached hydrogens (tertiary/aromatic N) is 2. The Labute approximate surface area is 198 Å². The van der Waals surface area contributed by atoms with Crippen molar-refractivity contribution >= 4 is 48.7 Å². The van der Waals surface area contributed by atoms with Crippen molar-refractivity contribution in [3.8, 4) is 16.3 Å². The van der Waals surface area contributed by atoms with Crippen molar-refractivity contribution in [2.75, 3.05) is 5.32 Å². The zero-order chi connectivity index (χ0) is 23.4. The summed E-state index contributed by atoms with van der Waals surface area (Å²) in [5.41, 5.74) is 2.15. The van der Waals surface area contributed by atoms with E-state index < -0.39 is 31.1 Å². The molecule has 5 rings (SSSR count). The number of hydrogen-bond acceptors (Lipinski definition) is 7. The number of fused-ring (bicyclic) bond motifs is 1. The second kappa shape index (κ2) is 7.94. The number of hydrogen-bond donors (Lipinski definition) is 3. The van der Waals surface area contributed by atoms with Gasteiger partial charge >= 0.3 is 0 Å². The van der Waals surface area contributed by atoms with E-state index in [0.29, 0.717) is 11.3 Å². The van der Waals surface area contributed by atoms with Gasteiger partial charge in [0, 0.05) is 11.8 Å². The number of aromatic nitrogens is 2. The summed E-state index contributed by atoms with van der Waals surface area (Å²) in [6, 6.07) is 15.4. The van der Waals surface area contributed by atoms with Crippen LogP contribution in [0.1, 0.15) is 11.7 Å². The SMILES string of the molecule is NS(=O)(=O)c1cc2c(cc1Cl)N[C@@H](c1cn(-c3ccccc3)nc1-c1cccs1)NS2(=O)=O. The van der Waals surface area contributed by atoms with Crippen molar-refractivity contribution in [1.29, 1.82) is 0 Å². The van der Waals surface area contributed by atoms with E-state index in [-0.39, 0.29) is 15.6 Å². The highest BCUT2D eigenvalue weighted by molar-refractivity contribution is 7.90. The summed E-state index contributed by atoms with van der Waals surface area (Å²) in [4.78, 5) is 0.124. The monoisotopic (exact) mass is 521 g/mol. The third-order valence-electron chi connectivity index (χ3n) is 5.03. The molecule has 0 saturated carbocycles. The second-order valence-corrected chi connectivity index (χ2v) is 11.8. The lowest BCUT2D eigenvalue weighted by Gasteiger charge is -2.28. The zero-order valence-electron chi connectivity index (χ0n) is 16.6. The summed E-state index contributed by atoms with van der Waals surface area (Å²) in [5, 5.41) is 14.7. The molecule has 1 aliphatic heterocycles. The number of nitrogens with two attached hydrogens (primary N) is 1. The zero-order valence-corrected chi connectivity index (χ0v) is 19.8. The van der Waals surface area contributed by atoms with Gasteiger partial charge in [-0.1, -0.05) is 35.9 Å². The van der Waals surface area contributed by atoms with E-state index in [9.17, 15) is 16.8 Å².